The lowest BCUT2D eigenvalue weighted by Crippen LogP contribution is -2.33. The minimum atomic E-state index is -4.49. The van der Waals surface area contributed by atoms with Gasteiger partial charge in [0.1, 0.15) is 5.75 Å². The SMILES string of the molecule is CC(Oc1ccc(Br)cc1)C(=O)Nc1cc(C(F)(F)F)ccc1N1CCCCC1. The molecule has 156 valence electrons. The van der Waals surface area contributed by atoms with Gasteiger partial charge >= 0.3 is 6.18 Å². The van der Waals surface area contributed by atoms with Crippen molar-refractivity contribution in [2.24, 2.45) is 0 Å². The maximum atomic E-state index is 13.2. The zero-order valence-corrected chi connectivity index (χ0v) is 17.5. The second kappa shape index (κ2) is 9.07. The minimum absolute atomic E-state index is 0.151. The Morgan fingerprint density at radius 3 is 2.38 bits per heavy atom. The predicted molar refractivity (Wildman–Crippen MR) is 110 cm³/mol. The number of carbonyl (C=O) groups is 1. The Labute approximate surface area is 176 Å². The third kappa shape index (κ3) is 5.65. The molecule has 8 heteroatoms. The highest BCUT2D eigenvalue weighted by Gasteiger charge is 2.32. The number of piperidine rings is 1. The van der Waals surface area contributed by atoms with Crippen LogP contribution in [-0.4, -0.2) is 25.1 Å². The lowest BCUT2D eigenvalue weighted by Gasteiger charge is -2.31. The van der Waals surface area contributed by atoms with E-state index in [1.165, 1.54) is 6.07 Å². The van der Waals surface area contributed by atoms with Crippen molar-refractivity contribution in [2.75, 3.05) is 23.3 Å². The van der Waals surface area contributed by atoms with Gasteiger partial charge in [-0.25, -0.2) is 0 Å². The molecule has 0 saturated carbocycles. The lowest BCUT2D eigenvalue weighted by molar-refractivity contribution is -0.137. The molecule has 1 fully saturated rings. The van der Waals surface area contributed by atoms with E-state index in [1.54, 1.807) is 31.2 Å². The van der Waals surface area contributed by atoms with Crippen LogP contribution in [0.15, 0.2) is 46.9 Å². The van der Waals surface area contributed by atoms with Crippen LogP contribution in [0.2, 0.25) is 0 Å². The van der Waals surface area contributed by atoms with E-state index in [9.17, 15) is 18.0 Å². The molecule has 1 atom stereocenters. The Balaban J connectivity index is 1.80. The largest absolute Gasteiger partial charge is 0.481 e. The van der Waals surface area contributed by atoms with E-state index < -0.39 is 23.8 Å². The highest BCUT2D eigenvalue weighted by atomic mass is 79.9. The summed E-state index contributed by atoms with van der Waals surface area (Å²) in [6.45, 7) is 3.06. The van der Waals surface area contributed by atoms with Crippen LogP contribution in [0.3, 0.4) is 0 Å². The number of rotatable bonds is 5. The van der Waals surface area contributed by atoms with E-state index >= 15 is 0 Å². The van der Waals surface area contributed by atoms with Crippen LogP contribution in [0.5, 0.6) is 5.75 Å². The molecule has 29 heavy (non-hydrogen) atoms. The van der Waals surface area contributed by atoms with E-state index in [4.69, 9.17) is 4.74 Å². The summed E-state index contributed by atoms with van der Waals surface area (Å²) in [6, 6.07) is 10.5. The van der Waals surface area contributed by atoms with Crippen molar-refractivity contribution in [3.8, 4) is 5.75 Å². The fourth-order valence-corrected chi connectivity index (χ4v) is 3.49. The summed E-state index contributed by atoms with van der Waals surface area (Å²) < 4.78 is 46.1. The zero-order chi connectivity index (χ0) is 21.0. The number of anilines is 2. The monoisotopic (exact) mass is 470 g/mol. The summed E-state index contributed by atoms with van der Waals surface area (Å²) in [7, 11) is 0. The smallest absolute Gasteiger partial charge is 0.416 e. The van der Waals surface area contributed by atoms with Crippen LogP contribution in [0.4, 0.5) is 24.5 Å². The Morgan fingerprint density at radius 2 is 1.76 bits per heavy atom. The van der Waals surface area contributed by atoms with Gasteiger partial charge in [0.25, 0.3) is 5.91 Å². The molecule has 1 unspecified atom stereocenters. The van der Waals surface area contributed by atoms with Crippen molar-refractivity contribution in [2.45, 2.75) is 38.5 Å². The number of benzene rings is 2. The molecule has 2 aromatic carbocycles. The number of carbonyl (C=O) groups excluding carboxylic acids is 1. The summed E-state index contributed by atoms with van der Waals surface area (Å²) >= 11 is 3.32. The van der Waals surface area contributed by atoms with Crippen LogP contribution < -0.4 is 15.0 Å². The van der Waals surface area contributed by atoms with E-state index in [-0.39, 0.29) is 5.69 Å². The maximum Gasteiger partial charge on any atom is 0.416 e. The van der Waals surface area contributed by atoms with Gasteiger partial charge in [-0.05, 0) is 68.7 Å². The molecule has 0 bridgehead atoms. The number of hydrogen-bond donors (Lipinski definition) is 1. The molecule has 4 nitrogen and oxygen atoms in total. The van der Waals surface area contributed by atoms with Crippen LogP contribution in [0, 0.1) is 0 Å². The molecule has 1 aliphatic rings. The van der Waals surface area contributed by atoms with E-state index in [2.05, 4.69) is 21.2 Å². The van der Waals surface area contributed by atoms with Crippen LogP contribution in [0.25, 0.3) is 0 Å². The van der Waals surface area contributed by atoms with Gasteiger partial charge in [0, 0.05) is 17.6 Å². The summed E-state index contributed by atoms with van der Waals surface area (Å²) in [6.07, 6.45) is -2.33. The molecule has 0 aromatic heterocycles. The summed E-state index contributed by atoms with van der Waals surface area (Å²) in [5.41, 5.74) is -0.0464. The second-order valence-corrected chi connectivity index (χ2v) is 7.90. The second-order valence-electron chi connectivity index (χ2n) is 6.98. The van der Waals surface area contributed by atoms with E-state index in [1.807, 2.05) is 4.90 Å². The third-order valence-corrected chi connectivity index (χ3v) is 5.30. The first-order valence-corrected chi connectivity index (χ1v) is 10.2. The van der Waals surface area contributed by atoms with Crippen LogP contribution in [0.1, 0.15) is 31.7 Å². The Bertz CT molecular complexity index is 850. The van der Waals surface area contributed by atoms with E-state index in [0.29, 0.717) is 11.4 Å². The molecular formula is C21H22BrF3N2O2. The highest BCUT2D eigenvalue weighted by Crippen LogP contribution is 2.36. The van der Waals surface area contributed by atoms with Gasteiger partial charge < -0.3 is 15.0 Å². The summed E-state index contributed by atoms with van der Waals surface area (Å²) in [5.74, 6) is -0.0124. The normalized spacial score (nSPS) is 15.7. The molecule has 0 spiro atoms. The van der Waals surface area contributed by atoms with Crippen molar-refractivity contribution in [1.82, 2.24) is 0 Å². The highest BCUT2D eigenvalue weighted by molar-refractivity contribution is 9.10. The van der Waals surface area contributed by atoms with Gasteiger partial charge in [-0.15, -0.1) is 0 Å². The first kappa shape index (κ1) is 21.5. The van der Waals surface area contributed by atoms with Gasteiger partial charge in [0.15, 0.2) is 6.10 Å². The average Bonchev–Trinajstić information content (AvgIpc) is 2.69. The molecule has 1 saturated heterocycles. The predicted octanol–water partition coefficient (Wildman–Crippen LogP) is 5.86. The van der Waals surface area contributed by atoms with Crippen LogP contribution >= 0.6 is 15.9 Å². The molecule has 1 heterocycles. The molecule has 1 amide bonds. The fraction of sp³-hybridized carbons (Fsp3) is 0.381. The van der Waals surface area contributed by atoms with Gasteiger partial charge in [0.05, 0.1) is 16.9 Å². The van der Waals surface area contributed by atoms with Crippen molar-refractivity contribution in [3.63, 3.8) is 0 Å². The van der Waals surface area contributed by atoms with Crippen molar-refractivity contribution in [3.05, 3.63) is 52.5 Å². The van der Waals surface area contributed by atoms with Crippen molar-refractivity contribution < 1.29 is 22.7 Å². The number of halogens is 4. The Morgan fingerprint density at radius 1 is 1.10 bits per heavy atom. The molecule has 1 N–H and O–H groups in total. The van der Waals surface area contributed by atoms with Gasteiger partial charge in [-0.2, -0.15) is 13.2 Å². The third-order valence-electron chi connectivity index (χ3n) is 4.77. The van der Waals surface area contributed by atoms with Crippen molar-refractivity contribution >= 4 is 33.2 Å². The van der Waals surface area contributed by atoms with Gasteiger partial charge in [0.2, 0.25) is 0 Å². The summed E-state index contributed by atoms with van der Waals surface area (Å²) in [4.78, 5) is 14.6. The molecule has 0 aliphatic carbocycles. The van der Waals surface area contributed by atoms with Crippen molar-refractivity contribution in [1.29, 1.82) is 0 Å². The molecular weight excluding hydrogens is 449 g/mol. The van der Waals surface area contributed by atoms with Crippen LogP contribution in [-0.2, 0) is 11.0 Å². The first-order chi connectivity index (χ1) is 13.7. The quantitative estimate of drug-likeness (QED) is 0.594. The average molecular weight is 471 g/mol. The maximum absolute atomic E-state index is 13.2. The van der Waals surface area contributed by atoms with E-state index in [0.717, 1.165) is 49.0 Å². The number of ether oxygens (including phenoxy) is 1. The van der Waals surface area contributed by atoms with Gasteiger partial charge in [-0.1, -0.05) is 15.9 Å². The molecule has 0 radical (unpaired) electrons. The Hall–Kier alpha value is -2.22. The molecule has 3 rings (SSSR count). The first-order valence-electron chi connectivity index (χ1n) is 9.43. The zero-order valence-electron chi connectivity index (χ0n) is 15.9. The van der Waals surface area contributed by atoms with Gasteiger partial charge in [-0.3, -0.25) is 4.79 Å². The number of nitrogens with one attached hydrogen (secondary N) is 1. The number of nitrogens with zero attached hydrogens (tertiary/aromatic N) is 1. The standard InChI is InChI=1S/C21H22BrF3N2O2/c1-14(29-17-8-6-16(22)7-9-17)20(28)26-18-13-15(21(23,24)25)5-10-19(18)27-11-3-2-4-12-27/h5-10,13-14H,2-4,11-12H2,1H3,(H,26,28). The lowest BCUT2D eigenvalue weighted by atomic mass is 10.1. The topological polar surface area (TPSA) is 41.6 Å². The minimum Gasteiger partial charge on any atom is -0.481 e. The fourth-order valence-electron chi connectivity index (χ4n) is 3.23. The number of hydrogen-bond acceptors (Lipinski definition) is 3. The molecule has 1 aliphatic heterocycles. The summed E-state index contributed by atoms with van der Waals surface area (Å²) in [5, 5.41) is 2.64. The molecule has 2 aromatic rings. The number of amides is 1. The Kier molecular flexibility index (Phi) is 6.72. The number of alkyl halides is 3.